The summed E-state index contributed by atoms with van der Waals surface area (Å²) in [4.78, 5) is 11.5. The van der Waals surface area contributed by atoms with Gasteiger partial charge < -0.3 is 10.2 Å². The number of nitrogens with zero attached hydrogens (tertiary/aromatic N) is 3. The number of nitrogens with one attached hydrogen (secondary N) is 1. The molecule has 1 aromatic heterocycles. The quantitative estimate of drug-likeness (QED) is 0.803. The maximum absolute atomic E-state index is 11.7. The lowest BCUT2D eigenvalue weighted by Crippen LogP contribution is -2.23. The van der Waals surface area contributed by atoms with Gasteiger partial charge in [-0.1, -0.05) is 43.7 Å². The van der Waals surface area contributed by atoms with Crippen molar-refractivity contribution >= 4 is 21.5 Å². The lowest BCUT2D eigenvalue weighted by Gasteiger charge is -2.20. The Kier molecular flexibility index (Phi) is 5.76. The van der Waals surface area contributed by atoms with Gasteiger partial charge in [0.05, 0.1) is 11.5 Å². The zero-order valence-corrected chi connectivity index (χ0v) is 16.2. The Morgan fingerprint density at radius 2 is 2.00 bits per heavy atom. The highest BCUT2D eigenvalue weighted by molar-refractivity contribution is 7.91. The molecule has 1 aliphatic rings. The maximum atomic E-state index is 11.7. The Hall–Kier alpha value is -2.15. The van der Waals surface area contributed by atoms with Crippen molar-refractivity contribution in [3.63, 3.8) is 0 Å². The Bertz CT molecular complexity index is 840. The number of aromatic nitrogens is 2. The molecule has 0 amide bonds. The molecule has 140 valence electrons. The fourth-order valence-electron chi connectivity index (χ4n) is 3.05. The summed E-state index contributed by atoms with van der Waals surface area (Å²) in [7, 11) is -0.908. The molecule has 1 atom stereocenters. The molecule has 0 aliphatic carbocycles. The summed E-state index contributed by atoms with van der Waals surface area (Å²) < 4.78 is 23.5. The molecule has 0 bridgehead atoms. The smallest absolute Gasteiger partial charge is 0.163 e. The van der Waals surface area contributed by atoms with Crippen molar-refractivity contribution in [3.8, 4) is 11.4 Å². The van der Waals surface area contributed by atoms with Gasteiger partial charge in [0.1, 0.15) is 11.6 Å². The van der Waals surface area contributed by atoms with E-state index in [2.05, 4.69) is 22.1 Å². The van der Waals surface area contributed by atoms with E-state index in [1.165, 1.54) is 0 Å². The topological polar surface area (TPSA) is 75.2 Å². The largest absolute Gasteiger partial charge is 0.366 e. The number of benzene rings is 1. The van der Waals surface area contributed by atoms with E-state index in [-0.39, 0.29) is 17.5 Å². The van der Waals surface area contributed by atoms with Crippen molar-refractivity contribution in [2.45, 2.75) is 32.2 Å². The Morgan fingerprint density at radius 3 is 2.65 bits per heavy atom. The summed E-state index contributed by atoms with van der Waals surface area (Å²) in [5.74, 6) is 2.58. The highest BCUT2D eigenvalue weighted by atomic mass is 32.2. The molecule has 7 heteroatoms. The monoisotopic (exact) mass is 374 g/mol. The van der Waals surface area contributed by atoms with Gasteiger partial charge in [0.25, 0.3) is 0 Å². The Labute approximate surface area is 155 Å². The van der Waals surface area contributed by atoms with Crippen molar-refractivity contribution in [1.82, 2.24) is 9.97 Å². The Morgan fingerprint density at radius 1 is 1.23 bits per heavy atom. The fraction of sp³-hybridized carbons (Fsp3) is 0.474. The third-order valence-corrected chi connectivity index (χ3v) is 6.34. The van der Waals surface area contributed by atoms with E-state index in [9.17, 15) is 8.42 Å². The van der Waals surface area contributed by atoms with Gasteiger partial charge in [-0.05, 0) is 12.8 Å². The summed E-state index contributed by atoms with van der Waals surface area (Å²) in [6.45, 7) is 3.08. The van der Waals surface area contributed by atoms with E-state index >= 15 is 0 Å². The second kappa shape index (κ2) is 8.03. The van der Waals surface area contributed by atoms with Gasteiger partial charge in [0, 0.05) is 31.3 Å². The number of sulfone groups is 1. The van der Waals surface area contributed by atoms with Crippen molar-refractivity contribution in [2.75, 3.05) is 35.3 Å². The second-order valence-electron chi connectivity index (χ2n) is 6.82. The predicted molar refractivity (Wildman–Crippen MR) is 106 cm³/mol. The van der Waals surface area contributed by atoms with Crippen molar-refractivity contribution in [3.05, 3.63) is 36.4 Å². The summed E-state index contributed by atoms with van der Waals surface area (Å²) in [6, 6.07) is 11.7. The third kappa shape index (κ3) is 4.72. The minimum absolute atomic E-state index is 0.0904. The first-order valence-corrected chi connectivity index (χ1v) is 10.9. The van der Waals surface area contributed by atoms with Gasteiger partial charge in [-0.3, -0.25) is 0 Å². The lowest BCUT2D eigenvalue weighted by atomic mass is 10.2. The summed E-state index contributed by atoms with van der Waals surface area (Å²) in [5, 5.41) is 3.30. The summed E-state index contributed by atoms with van der Waals surface area (Å²) in [5.41, 5.74) is 0.945. The van der Waals surface area contributed by atoms with E-state index < -0.39 is 9.84 Å². The van der Waals surface area contributed by atoms with Crippen molar-refractivity contribution < 1.29 is 8.42 Å². The van der Waals surface area contributed by atoms with E-state index in [1.54, 1.807) is 0 Å². The van der Waals surface area contributed by atoms with Gasteiger partial charge in [-0.2, -0.15) is 0 Å². The minimum atomic E-state index is -2.93. The van der Waals surface area contributed by atoms with Gasteiger partial charge >= 0.3 is 0 Å². The molecular weight excluding hydrogens is 348 g/mol. The number of hydrogen-bond acceptors (Lipinski definition) is 6. The number of rotatable bonds is 7. The van der Waals surface area contributed by atoms with Crippen LogP contribution in [0.3, 0.4) is 0 Å². The predicted octanol–water partition coefficient (Wildman–Crippen LogP) is 2.98. The van der Waals surface area contributed by atoms with Crippen molar-refractivity contribution in [1.29, 1.82) is 0 Å². The van der Waals surface area contributed by atoms with Crippen LogP contribution in [0.1, 0.15) is 26.2 Å². The van der Waals surface area contributed by atoms with Gasteiger partial charge in [0.15, 0.2) is 15.7 Å². The van der Waals surface area contributed by atoms with Gasteiger partial charge in [-0.25, -0.2) is 18.4 Å². The zero-order valence-electron chi connectivity index (χ0n) is 15.4. The fourth-order valence-corrected chi connectivity index (χ4v) is 4.72. The van der Waals surface area contributed by atoms with Crippen LogP contribution in [-0.4, -0.2) is 49.5 Å². The summed E-state index contributed by atoms with van der Waals surface area (Å²) >= 11 is 0. The van der Waals surface area contributed by atoms with E-state index in [4.69, 9.17) is 4.98 Å². The molecule has 0 radical (unpaired) electrons. The lowest BCUT2D eigenvalue weighted by molar-refractivity contribution is 0.602. The van der Waals surface area contributed by atoms with Gasteiger partial charge in [-0.15, -0.1) is 0 Å². The maximum Gasteiger partial charge on any atom is 0.163 e. The minimum Gasteiger partial charge on any atom is -0.366 e. The molecular formula is C19H26N4O2S. The van der Waals surface area contributed by atoms with E-state index in [1.807, 2.05) is 43.4 Å². The van der Waals surface area contributed by atoms with Crippen molar-refractivity contribution in [2.24, 2.45) is 0 Å². The van der Waals surface area contributed by atoms with Crippen LogP contribution in [0.15, 0.2) is 36.4 Å². The molecule has 2 heterocycles. The molecule has 0 spiro atoms. The highest BCUT2D eigenvalue weighted by Crippen LogP contribution is 2.24. The van der Waals surface area contributed by atoms with Crippen LogP contribution in [0.4, 0.5) is 11.6 Å². The normalized spacial score (nSPS) is 18.6. The molecule has 1 fully saturated rings. The molecule has 1 saturated heterocycles. The van der Waals surface area contributed by atoms with Crippen LogP contribution in [0.2, 0.25) is 0 Å². The molecule has 0 saturated carbocycles. The second-order valence-corrected chi connectivity index (χ2v) is 9.05. The number of hydrogen-bond donors (Lipinski definition) is 1. The molecule has 6 nitrogen and oxygen atoms in total. The summed E-state index contributed by atoms with van der Waals surface area (Å²) in [6.07, 6.45) is 2.82. The van der Waals surface area contributed by atoms with Crippen LogP contribution in [0, 0.1) is 0 Å². The van der Waals surface area contributed by atoms with Crippen LogP contribution in [0.5, 0.6) is 0 Å². The first kappa shape index (κ1) is 18.6. The molecule has 1 unspecified atom stereocenters. The molecule has 3 rings (SSSR count). The Balaban J connectivity index is 1.89. The molecule has 1 aromatic carbocycles. The van der Waals surface area contributed by atoms with Crippen LogP contribution < -0.4 is 10.2 Å². The standard InChI is InChI=1S/C19H26N4O2S/c1-3-4-11-23(2)18-13-17(20-16-10-12-26(24,25)14-16)21-19(22-18)15-8-6-5-7-9-15/h5-9,13,16H,3-4,10-12,14H2,1-2H3,(H,20,21,22). The molecule has 1 aliphatic heterocycles. The van der Waals surface area contributed by atoms with E-state index in [0.29, 0.717) is 18.1 Å². The van der Waals surface area contributed by atoms with Gasteiger partial charge in [0.2, 0.25) is 0 Å². The highest BCUT2D eigenvalue weighted by Gasteiger charge is 2.28. The number of unbranched alkanes of at least 4 members (excludes halogenated alkanes) is 1. The molecule has 26 heavy (non-hydrogen) atoms. The average molecular weight is 375 g/mol. The van der Waals surface area contributed by atoms with Crippen LogP contribution in [-0.2, 0) is 9.84 Å². The third-order valence-electron chi connectivity index (χ3n) is 4.57. The first-order valence-electron chi connectivity index (χ1n) is 9.09. The SMILES string of the molecule is CCCCN(C)c1cc(NC2CCS(=O)(=O)C2)nc(-c2ccccc2)n1. The van der Waals surface area contributed by atoms with Crippen LogP contribution in [0.25, 0.3) is 11.4 Å². The number of anilines is 2. The average Bonchev–Trinajstić information content (AvgIpc) is 2.98. The van der Waals surface area contributed by atoms with Crippen LogP contribution >= 0.6 is 0 Å². The molecule has 1 N–H and O–H groups in total. The first-order chi connectivity index (χ1) is 12.5. The zero-order chi connectivity index (χ0) is 18.6. The van der Waals surface area contributed by atoms with E-state index in [0.717, 1.165) is 30.8 Å². The molecule has 2 aromatic rings.